The number of carbonyl (C=O) groups excluding carboxylic acids is 1. The first-order valence-corrected chi connectivity index (χ1v) is 9.55. The summed E-state index contributed by atoms with van der Waals surface area (Å²) in [6.45, 7) is 4.27. The summed E-state index contributed by atoms with van der Waals surface area (Å²) in [5.41, 5.74) is 6.48. The van der Waals surface area contributed by atoms with Gasteiger partial charge in [-0.2, -0.15) is 8.42 Å². The van der Waals surface area contributed by atoms with E-state index < -0.39 is 15.9 Å². The monoisotopic (exact) mass is 379 g/mol. The van der Waals surface area contributed by atoms with Crippen LogP contribution in [0.25, 0.3) is 0 Å². The van der Waals surface area contributed by atoms with Crippen LogP contribution >= 0.6 is 0 Å². The van der Waals surface area contributed by atoms with Crippen LogP contribution in [0.4, 0.5) is 11.4 Å². The summed E-state index contributed by atoms with van der Waals surface area (Å²) in [5.74, 6) is -0.154. The number of hydrogen-bond donors (Lipinski definition) is 2. The molecule has 0 radical (unpaired) electrons. The molecule has 1 aromatic carbocycles. The van der Waals surface area contributed by atoms with Gasteiger partial charge in [-0.05, 0) is 25.1 Å². The first kappa shape index (κ1) is 18.2. The predicted molar refractivity (Wildman–Crippen MR) is 96.7 cm³/mol. The van der Waals surface area contributed by atoms with Crippen LogP contribution in [0, 0.1) is 6.92 Å². The smallest absolute Gasteiger partial charge is 0.280 e. The Morgan fingerprint density at radius 1 is 1.31 bits per heavy atom. The second kappa shape index (κ2) is 6.96. The molecular weight excluding hydrogens is 358 g/mol. The van der Waals surface area contributed by atoms with E-state index in [0.29, 0.717) is 32.1 Å². The molecule has 0 aliphatic carbocycles. The Bertz CT molecular complexity index is 913. The van der Waals surface area contributed by atoms with Crippen molar-refractivity contribution in [2.45, 2.75) is 11.9 Å². The lowest BCUT2D eigenvalue weighted by molar-refractivity contribution is 0.100. The molecule has 0 spiro atoms. The van der Waals surface area contributed by atoms with Gasteiger partial charge in [-0.3, -0.25) is 9.52 Å². The SMILES string of the molecule is Cc1nc(S(=O)(=O)Nc2ccc(N3CCOCC3)cc2C(N)=O)cn1C. The lowest BCUT2D eigenvalue weighted by Gasteiger charge is -2.29. The zero-order valence-corrected chi connectivity index (χ0v) is 15.4. The van der Waals surface area contributed by atoms with Crippen LogP contribution in [0.5, 0.6) is 0 Å². The number of hydrogen-bond acceptors (Lipinski definition) is 6. The van der Waals surface area contributed by atoms with Crippen LogP contribution in [0.1, 0.15) is 16.2 Å². The Kier molecular flexibility index (Phi) is 4.88. The Morgan fingerprint density at radius 3 is 2.58 bits per heavy atom. The van der Waals surface area contributed by atoms with Crippen molar-refractivity contribution in [2.24, 2.45) is 12.8 Å². The van der Waals surface area contributed by atoms with Crippen molar-refractivity contribution in [2.75, 3.05) is 35.9 Å². The molecule has 140 valence electrons. The molecule has 1 saturated heterocycles. The summed E-state index contributed by atoms with van der Waals surface area (Å²) in [6.07, 6.45) is 1.41. The van der Waals surface area contributed by atoms with Gasteiger partial charge in [-0.15, -0.1) is 0 Å². The highest BCUT2D eigenvalue weighted by Crippen LogP contribution is 2.26. The van der Waals surface area contributed by atoms with E-state index in [1.807, 2.05) is 0 Å². The van der Waals surface area contributed by atoms with E-state index in [1.54, 1.807) is 30.7 Å². The maximum absolute atomic E-state index is 12.6. The van der Waals surface area contributed by atoms with Crippen molar-refractivity contribution < 1.29 is 17.9 Å². The molecule has 1 fully saturated rings. The number of imidazole rings is 1. The fourth-order valence-corrected chi connectivity index (χ4v) is 3.82. The Morgan fingerprint density at radius 2 is 2.00 bits per heavy atom. The quantitative estimate of drug-likeness (QED) is 0.779. The fourth-order valence-electron chi connectivity index (χ4n) is 2.70. The van der Waals surface area contributed by atoms with Crippen molar-refractivity contribution in [1.29, 1.82) is 0 Å². The summed E-state index contributed by atoms with van der Waals surface area (Å²) < 4.78 is 34.5. The summed E-state index contributed by atoms with van der Waals surface area (Å²) in [7, 11) is -2.23. The third kappa shape index (κ3) is 3.65. The van der Waals surface area contributed by atoms with Gasteiger partial charge in [0.05, 0.1) is 24.5 Å². The maximum Gasteiger partial charge on any atom is 0.280 e. The Hall–Kier alpha value is -2.59. The molecule has 1 aromatic heterocycles. The highest BCUT2D eigenvalue weighted by Gasteiger charge is 2.22. The molecule has 2 heterocycles. The van der Waals surface area contributed by atoms with Crippen LogP contribution in [0.2, 0.25) is 0 Å². The molecule has 0 bridgehead atoms. The molecule has 0 saturated carbocycles. The van der Waals surface area contributed by atoms with Crippen LogP contribution in [-0.2, 0) is 21.8 Å². The number of amides is 1. The van der Waals surface area contributed by atoms with Gasteiger partial charge in [0.2, 0.25) is 0 Å². The van der Waals surface area contributed by atoms with Crippen LogP contribution < -0.4 is 15.4 Å². The largest absolute Gasteiger partial charge is 0.378 e. The molecule has 3 rings (SSSR count). The van der Waals surface area contributed by atoms with Crippen LogP contribution in [0.15, 0.2) is 29.4 Å². The zero-order chi connectivity index (χ0) is 18.9. The number of carbonyl (C=O) groups is 1. The van der Waals surface area contributed by atoms with E-state index in [0.717, 1.165) is 5.69 Å². The van der Waals surface area contributed by atoms with Crippen molar-refractivity contribution in [3.05, 3.63) is 35.8 Å². The Labute approximate surface area is 151 Å². The van der Waals surface area contributed by atoms with Crippen molar-refractivity contribution >= 4 is 27.3 Å². The normalized spacial score (nSPS) is 15.1. The van der Waals surface area contributed by atoms with E-state index in [9.17, 15) is 13.2 Å². The summed E-state index contributed by atoms with van der Waals surface area (Å²) >= 11 is 0. The van der Waals surface area contributed by atoms with Gasteiger partial charge in [0.1, 0.15) is 5.82 Å². The number of aromatic nitrogens is 2. The predicted octanol–water partition coefficient (Wildman–Crippen LogP) is 0.465. The highest BCUT2D eigenvalue weighted by atomic mass is 32.2. The van der Waals surface area contributed by atoms with Crippen molar-refractivity contribution in [1.82, 2.24) is 9.55 Å². The van der Waals surface area contributed by atoms with Gasteiger partial charge >= 0.3 is 0 Å². The molecule has 10 heteroatoms. The summed E-state index contributed by atoms with van der Waals surface area (Å²) in [6, 6.07) is 4.88. The second-order valence-electron chi connectivity index (χ2n) is 6.04. The second-order valence-corrected chi connectivity index (χ2v) is 7.67. The number of rotatable bonds is 5. The molecule has 1 aliphatic rings. The van der Waals surface area contributed by atoms with Gasteiger partial charge in [-0.1, -0.05) is 0 Å². The molecule has 2 aromatic rings. The topological polar surface area (TPSA) is 120 Å². The number of nitrogens with zero attached hydrogens (tertiary/aromatic N) is 3. The first-order valence-electron chi connectivity index (χ1n) is 8.07. The standard InChI is InChI=1S/C16H21N5O4S/c1-11-18-15(10-20(11)2)26(23,24)19-14-4-3-12(9-13(14)16(17)22)21-5-7-25-8-6-21/h3-4,9-10,19H,5-8H2,1-2H3,(H2,17,22). The number of sulfonamides is 1. The average Bonchev–Trinajstić information content (AvgIpc) is 2.95. The van der Waals surface area contributed by atoms with Crippen LogP contribution in [0.3, 0.4) is 0 Å². The fraction of sp³-hybridized carbons (Fsp3) is 0.375. The molecule has 0 unspecified atom stereocenters. The van der Waals surface area contributed by atoms with E-state index in [-0.39, 0.29) is 16.3 Å². The van der Waals surface area contributed by atoms with Crippen molar-refractivity contribution in [3.8, 4) is 0 Å². The molecule has 3 N–H and O–H groups in total. The average molecular weight is 379 g/mol. The number of ether oxygens (including phenoxy) is 1. The Balaban J connectivity index is 1.92. The number of aryl methyl sites for hydroxylation is 2. The minimum absolute atomic E-state index is 0.102. The number of benzene rings is 1. The lowest BCUT2D eigenvalue weighted by Crippen LogP contribution is -2.36. The summed E-state index contributed by atoms with van der Waals surface area (Å²) in [4.78, 5) is 17.9. The molecule has 26 heavy (non-hydrogen) atoms. The van der Waals surface area contributed by atoms with Crippen LogP contribution in [-0.4, -0.2) is 50.2 Å². The lowest BCUT2D eigenvalue weighted by atomic mass is 10.1. The minimum Gasteiger partial charge on any atom is -0.378 e. The molecule has 9 nitrogen and oxygen atoms in total. The summed E-state index contributed by atoms with van der Waals surface area (Å²) in [5, 5.41) is -0.120. The van der Waals surface area contributed by atoms with E-state index in [2.05, 4.69) is 14.6 Å². The number of primary amides is 1. The molecular formula is C16H21N5O4S. The number of anilines is 2. The third-order valence-corrected chi connectivity index (χ3v) is 5.49. The number of morpholine rings is 1. The van der Waals surface area contributed by atoms with E-state index in [1.165, 1.54) is 12.3 Å². The van der Waals surface area contributed by atoms with Gasteiger partial charge < -0.3 is 19.9 Å². The first-order chi connectivity index (χ1) is 12.3. The van der Waals surface area contributed by atoms with E-state index >= 15 is 0 Å². The van der Waals surface area contributed by atoms with Gasteiger partial charge in [-0.25, -0.2) is 4.98 Å². The van der Waals surface area contributed by atoms with E-state index in [4.69, 9.17) is 10.5 Å². The zero-order valence-electron chi connectivity index (χ0n) is 14.6. The molecule has 0 atom stereocenters. The van der Waals surface area contributed by atoms with Crippen molar-refractivity contribution in [3.63, 3.8) is 0 Å². The van der Waals surface area contributed by atoms with Gasteiger partial charge in [0, 0.05) is 32.0 Å². The van der Waals surface area contributed by atoms with Gasteiger partial charge in [0.15, 0.2) is 5.03 Å². The third-order valence-electron chi connectivity index (χ3n) is 4.25. The molecule has 1 amide bonds. The number of nitrogens with one attached hydrogen (secondary N) is 1. The minimum atomic E-state index is -3.93. The van der Waals surface area contributed by atoms with Gasteiger partial charge in [0.25, 0.3) is 15.9 Å². The maximum atomic E-state index is 12.6. The highest BCUT2D eigenvalue weighted by molar-refractivity contribution is 7.92. The molecule has 1 aliphatic heterocycles. The number of nitrogens with two attached hydrogens (primary N) is 1.